The minimum absolute atomic E-state index is 0.0363. The van der Waals surface area contributed by atoms with Crippen LogP contribution in [0.1, 0.15) is 33.3 Å². The number of aromatic amines is 1. The molecule has 4 N–H and O–H groups in total. The predicted octanol–water partition coefficient (Wildman–Crippen LogP) is 3.17. The van der Waals surface area contributed by atoms with Crippen molar-refractivity contribution in [3.63, 3.8) is 0 Å². The number of hydrogen-bond donors (Lipinski definition) is 3. The van der Waals surface area contributed by atoms with Crippen LogP contribution < -0.4 is 21.1 Å². The fourth-order valence-corrected chi connectivity index (χ4v) is 3.98. The Morgan fingerprint density at radius 3 is 2.65 bits per heavy atom. The molecule has 2 heterocycles. The molecule has 0 aliphatic heterocycles. The van der Waals surface area contributed by atoms with Gasteiger partial charge < -0.3 is 29.0 Å². The molecule has 0 fully saturated rings. The van der Waals surface area contributed by atoms with Crippen molar-refractivity contribution in [1.82, 2.24) is 24.6 Å². The van der Waals surface area contributed by atoms with Gasteiger partial charge in [-0.25, -0.2) is 9.37 Å². The van der Waals surface area contributed by atoms with Gasteiger partial charge in [-0.3, -0.25) is 19.7 Å². The van der Waals surface area contributed by atoms with E-state index in [2.05, 4.69) is 24.8 Å². The Bertz CT molecular complexity index is 1130. The van der Waals surface area contributed by atoms with Crippen molar-refractivity contribution < 1.29 is 27.9 Å². The average Bonchev–Trinajstić information content (AvgIpc) is 3.30. The lowest BCUT2D eigenvalue weighted by Crippen LogP contribution is -2.15. The molecule has 1 atom stereocenters. The van der Waals surface area contributed by atoms with Crippen LogP contribution in [0.4, 0.5) is 10.3 Å². The SMILES string of the molecule is CC.CCNP(COCCn1cnc2c(=O)[nH]c(N)nc21)OCc1ccc(OC)c(F)c1.CCOC=O. The van der Waals surface area contributed by atoms with E-state index in [-0.39, 0.29) is 29.4 Å². The number of ether oxygens (including phenoxy) is 3. The summed E-state index contributed by atoms with van der Waals surface area (Å²) in [5.74, 6) is -0.196. The van der Waals surface area contributed by atoms with Gasteiger partial charge in [-0.1, -0.05) is 26.8 Å². The van der Waals surface area contributed by atoms with Crippen LogP contribution in [-0.4, -0.2) is 59.2 Å². The van der Waals surface area contributed by atoms with Crippen LogP contribution in [0.3, 0.4) is 0 Å². The van der Waals surface area contributed by atoms with Gasteiger partial charge in [0.05, 0.1) is 33.3 Å². The predicted molar refractivity (Wildman–Crippen MR) is 141 cm³/mol. The third-order valence-corrected chi connectivity index (χ3v) is 5.88. The van der Waals surface area contributed by atoms with Crippen LogP contribution in [0.5, 0.6) is 5.75 Å². The number of methoxy groups -OCH3 is 1. The van der Waals surface area contributed by atoms with Gasteiger partial charge in [0.2, 0.25) is 5.95 Å². The molecule has 0 aliphatic rings. The summed E-state index contributed by atoms with van der Waals surface area (Å²) in [6.07, 6.45) is 1.88. The van der Waals surface area contributed by atoms with Crippen LogP contribution in [0, 0.1) is 5.82 Å². The van der Waals surface area contributed by atoms with Gasteiger partial charge >= 0.3 is 0 Å². The maximum Gasteiger partial charge on any atom is 0.293 e. The molecule has 3 aromatic rings. The molecule has 0 saturated heterocycles. The first-order chi connectivity index (χ1) is 17.9. The minimum Gasteiger partial charge on any atom is -0.494 e. The summed E-state index contributed by atoms with van der Waals surface area (Å²) in [6, 6.07) is 4.72. The Labute approximate surface area is 216 Å². The van der Waals surface area contributed by atoms with E-state index in [0.717, 1.165) is 0 Å². The Morgan fingerprint density at radius 2 is 2.05 bits per heavy atom. The molecule has 3 rings (SSSR count). The minimum atomic E-state index is -1.06. The number of halogens is 1. The number of hydrogen-bond acceptors (Lipinski definition) is 10. The number of anilines is 1. The number of carbonyl (C=O) groups is 1. The van der Waals surface area contributed by atoms with Crippen molar-refractivity contribution in [3.05, 3.63) is 46.3 Å². The van der Waals surface area contributed by atoms with Crippen molar-refractivity contribution in [2.75, 3.05) is 38.9 Å². The number of nitrogens with one attached hydrogen (secondary N) is 2. The van der Waals surface area contributed by atoms with Crippen LogP contribution in [0.2, 0.25) is 0 Å². The molecule has 0 spiro atoms. The normalized spacial score (nSPS) is 11.1. The number of nitrogen functional groups attached to an aromatic ring is 1. The van der Waals surface area contributed by atoms with E-state index < -0.39 is 14.1 Å². The zero-order chi connectivity index (χ0) is 27.6. The Balaban J connectivity index is 0.000000874. The smallest absolute Gasteiger partial charge is 0.293 e. The highest BCUT2D eigenvalue weighted by molar-refractivity contribution is 7.50. The number of fused-ring (bicyclic) bond motifs is 1. The van der Waals surface area contributed by atoms with Crippen LogP contribution in [-0.2, 0) is 31.9 Å². The van der Waals surface area contributed by atoms with Gasteiger partial charge in [-0.15, -0.1) is 0 Å². The van der Waals surface area contributed by atoms with Crippen molar-refractivity contribution in [3.8, 4) is 5.75 Å². The van der Waals surface area contributed by atoms with Gasteiger partial charge in [0.1, 0.15) is 14.6 Å². The molecule has 0 amide bonds. The third kappa shape index (κ3) is 10.8. The zero-order valence-corrected chi connectivity index (χ0v) is 22.7. The van der Waals surface area contributed by atoms with E-state index in [4.69, 9.17) is 19.7 Å². The number of imidazole rings is 1. The van der Waals surface area contributed by atoms with E-state index >= 15 is 0 Å². The summed E-state index contributed by atoms with van der Waals surface area (Å²) in [5, 5.41) is 3.23. The molecule has 2 aromatic heterocycles. The lowest BCUT2D eigenvalue weighted by Gasteiger charge is -2.18. The first-order valence-corrected chi connectivity index (χ1v) is 13.2. The van der Waals surface area contributed by atoms with Crippen molar-refractivity contribution >= 4 is 31.9 Å². The lowest BCUT2D eigenvalue weighted by atomic mass is 10.2. The first kappa shape index (κ1) is 31.9. The molecule has 0 bridgehead atoms. The fraction of sp³-hybridized carbons (Fsp3) is 0.478. The highest BCUT2D eigenvalue weighted by atomic mass is 31.2. The van der Waals surface area contributed by atoms with Gasteiger partial charge in [-0.05, 0) is 31.2 Å². The maximum atomic E-state index is 13.8. The second-order valence-electron chi connectivity index (χ2n) is 6.78. The molecule has 37 heavy (non-hydrogen) atoms. The summed E-state index contributed by atoms with van der Waals surface area (Å²) in [5.41, 5.74) is 6.56. The number of H-pyrrole nitrogens is 1. The Hall–Kier alpha value is -3.12. The summed E-state index contributed by atoms with van der Waals surface area (Å²) >= 11 is 0. The average molecular weight is 543 g/mol. The Morgan fingerprint density at radius 1 is 1.30 bits per heavy atom. The van der Waals surface area contributed by atoms with Gasteiger partial charge in [0.25, 0.3) is 12.0 Å². The summed E-state index contributed by atoms with van der Waals surface area (Å²) in [7, 11) is 0.362. The van der Waals surface area contributed by atoms with Gasteiger partial charge in [0, 0.05) is 6.54 Å². The first-order valence-electron chi connectivity index (χ1n) is 11.7. The van der Waals surface area contributed by atoms with Crippen molar-refractivity contribution in [2.45, 2.75) is 40.8 Å². The van der Waals surface area contributed by atoms with E-state index in [9.17, 15) is 14.0 Å². The van der Waals surface area contributed by atoms with Crippen molar-refractivity contribution in [2.24, 2.45) is 0 Å². The Kier molecular flexibility index (Phi) is 15.7. The summed E-state index contributed by atoms with van der Waals surface area (Å²) < 4.78 is 36.2. The summed E-state index contributed by atoms with van der Waals surface area (Å²) in [4.78, 5) is 31.6. The zero-order valence-electron chi connectivity index (χ0n) is 21.8. The number of nitrogens with two attached hydrogens (primary N) is 1. The second kappa shape index (κ2) is 18.2. The second-order valence-corrected chi connectivity index (χ2v) is 8.37. The van der Waals surface area contributed by atoms with Gasteiger partial charge in [-0.2, -0.15) is 4.98 Å². The monoisotopic (exact) mass is 542 g/mol. The van der Waals surface area contributed by atoms with Gasteiger partial charge in [0.15, 0.2) is 22.7 Å². The highest BCUT2D eigenvalue weighted by Crippen LogP contribution is 2.33. The molecular weight excluding hydrogens is 506 g/mol. The number of benzene rings is 1. The molecule has 206 valence electrons. The number of nitrogens with zero attached hydrogens (tertiary/aromatic N) is 3. The third-order valence-electron chi connectivity index (χ3n) is 4.35. The number of carbonyl (C=O) groups excluding carboxylic acids is 1. The molecule has 0 saturated carbocycles. The molecular formula is C23H36FN6O6P. The molecule has 1 unspecified atom stereocenters. The highest BCUT2D eigenvalue weighted by Gasteiger charge is 2.12. The number of rotatable bonds is 13. The van der Waals surface area contributed by atoms with Crippen LogP contribution in [0.25, 0.3) is 11.2 Å². The van der Waals surface area contributed by atoms with E-state index in [0.29, 0.717) is 50.3 Å². The lowest BCUT2D eigenvalue weighted by molar-refractivity contribution is -0.128. The van der Waals surface area contributed by atoms with E-state index in [1.54, 1.807) is 23.6 Å². The topological polar surface area (TPSA) is 156 Å². The van der Waals surface area contributed by atoms with Crippen molar-refractivity contribution in [1.29, 1.82) is 0 Å². The number of aromatic nitrogens is 4. The molecule has 12 nitrogen and oxygen atoms in total. The quantitative estimate of drug-likeness (QED) is 0.167. The molecule has 0 aliphatic carbocycles. The largest absolute Gasteiger partial charge is 0.494 e. The molecule has 1 aromatic carbocycles. The standard InChI is InChI=1S/C18H24FN6O4P.C3H6O2.C2H6/c1-3-22-30(29-9-12-4-5-14(27-2)13(19)8-12)11-28-7-6-25-10-21-15-16(25)23-18(20)24-17(15)26;1-2-5-3-4;1-2/h4-5,8,10,22H,3,6-7,9,11H2,1-2H3,(H3,20,23,24,26);3H,2H2,1H3;1-2H3. The maximum absolute atomic E-state index is 13.8. The fourth-order valence-electron chi connectivity index (χ4n) is 2.77. The summed E-state index contributed by atoms with van der Waals surface area (Å²) in [6.45, 7) is 10.4. The molecule has 0 radical (unpaired) electrons. The molecule has 14 heteroatoms. The van der Waals surface area contributed by atoms with E-state index in [1.165, 1.54) is 19.5 Å². The van der Waals surface area contributed by atoms with Crippen LogP contribution >= 0.6 is 8.30 Å². The van der Waals surface area contributed by atoms with Crippen LogP contribution in [0.15, 0.2) is 29.3 Å². The van der Waals surface area contributed by atoms with E-state index in [1.807, 2.05) is 20.8 Å².